The second-order valence-electron chi connectivity index (χ2n) is 4.90. The molecule has 2 aromatic rings. The number of aliphatic imine (C=N–C) groups is 1. The number of halogens is 2. The Hall–Kier alpha value is -1.88. The summed E-state index contributed by atoms with van der Waals surface area (Å²) in [6, 6.07) is 12.6. The van der Waals surface area contributed by atoms with Crippen LogP contribution in [-0.2, 0) is 0 Å². The van der Waals surface area contributed by atoms with Gasteiger partial charge < -0.3 is 5.73 Å². The van der Waals surface area contributed by atoms with E-state index in [4.69, 9.17) is 5.73 Å². The zero-order valence-corrected chi connectivity index (χ0v) is 12.0. The minimum absolute atomic E-state index is 0.0488. The number of nitrogens with zero attached hydrogens (tertiary/aromatic N) is 1. The van der Waals surface area contributed by atoms with E-state index >= 15 is 0 Å². The van der Waals surface area contributed by atoms with Crippen molar-refractivity contribution in [2.75, 3.05) is 0 Å². The van der Waals surface area contributed by atoms with E-state index in [1.165, 1.54) is 30.0 Å². The first-order valence-electron chi connectivity index (χ1n) is 6.63. The summed E-state index contributed by atoms with van der Waals surface area (Å²) in [5, 5.41) is 0.483. The van der Waals surface area contributed by atoms with Crippen molar-refractivity contribution in [1.82, 2.24) is 0 Å². The van der Waals surface area contributed by atoms with Crippen molar-refractivity contribution in [3.63, 3.8) is 0 Å². The average molecular weight is 304 g/mol. The third-order valence-electron chi connectivity index (χ3n) is 3.49. The predicted octanol–water partition coefficient (Wildman–Crippen LogP) is 4.20. The summed E-state index contributed by atoms with van der Waals surface area (Å²) < 4.78 is 26.9. The van der Waals surface area contributed by atoms with Crippen LogP contribution in [-0.4, -0.2) is 5.17 Å². The largest absolute Gasteiger partial charge is 0.379 e. The van der Waals surface area contributed by atoms with Crippen molar-refractivity contribution < 1.29 is 8.78 Å². The molecular formula is C16H14F2N2S. The van der Waals surface area contributed by atoms with Crippen LogP contribution in [0.1, 0.15) is 28.8 Å². The molecule has 0 aromatic heterocycles. The van der Waals surface area contributed by atoms with Crippen molar-refractivity contribution in [2.24, 2.45) is 10.7 Å². The molecule has 1 heterocycles. The molecule has 2 aromatic carbocycles. The number of rotatable bonds is 2. The van der Waals surface area contributed by atoms with Gasteiger partial charge in [-0.2, -0.15) is 0 Å². The Balaban J connectivity index is 1.89. The van der Waals surface area contributed by atoms with Crippen LogP contribution in [0.5, 0.6) is 0 Å². The molecule has 1 aliphatic heterocycles. The zero-order chi connectivity index (χ0) is 14.8. The summed E-state index contributed by atoms with van der Waals surface area (Å²) >= 11 is 1.43. The van der Waals surface area contributed by atoms with E-state index in [1.54, 1.807) is 30.3 Å². The summed E-state index contributed by atoms with van der Waals surface area (Å²) in [4.78, 5) is 4.35. The van der Waals surface area contributed by atoms with Crippen LogP contribution in [0.2, 0.25) is 0 Å². The summed E-state index contributed by atoms with van der Waals surface area (Å²) in [6.07, 6.45) is 0.637. The quantitative estimate of drug-likeness (QED) is 0.903. The molecule has 0 radical (unpaired) electrons. The Labute approximate surface area is 126 Å². The van der Waals surface area contributed by atoms with Crippen molar-refractivity contribution in [3.05, 3.63) is 71.3 Å². The summed E-state index contributed by atoms with van der Waals surface area (Å²) in [5.41, 5.74) is 7.41. The Kier molecular flexibility index (Phi) is 3.92. The highest BCUT2D eigenvalue weighted by Crippen LogP contribution is 2.43. The fourth-order valence-corrected chi connectivity index (χ4v) is 3.51. The van der Waals surface area contributed by atoms with Gasteiger partial charge in [-0.05, 0) is 30.2 Å². The maximum absolute atomic E-state index is 13.9. The molecule has 3 rings (SSSR count). The molecule has 0 fully saturated rings. The third kappa shape index (κ3) is 3.08. The van der Waals surface area contributed by atoms with Gasteiger partial charge in [-0.3, -0.25) is 4.99 Å². The molecule has 0 spiro atoms. The highest BCUT2D eigenvalue weighted by molar-refractivity contribution is 8.14. The van der Waals surface area contributed by atoms with E-state index in [2.05, 4.69) is 4.99 Å². The first-order valence-corrected chi connectivity index (χ1v) is 7.51. The SMILES string of the molecule is NC1=N[C@H](c2ccccc2F)C[C@H](c2ccc(F)cc2)S1. The van der Waals surface area contributed by atoms with Crippen molar-refractivity contribution in [1.29, 1.82) is 0 Å². The minimum Gasteiger partial charge on any atom is -0.379 e. The summed E-state index contributed by atoms with van der Waals surface area (Å²) in [5.74, 6) is -0.546. The first kappa shape index (κ1) is 14.1. The van der Waals surface area contributed by atoms with Crippen LogP contribution in [0.15, 0.2) is 53.5 Å². The van der Waals surface area contributed by atoms with E-state index in [9.17, 15) is 8.78 Å². The van der Waals surface area contributed by atoms with Crippen LogP contribution in [0, 0.1) is 11.6 Å². The molecule has 2 N–H and O–H groups in total. The smallest absolute Gasteiger partial charge is 0.155 e. The molecule has 0 amide bonds. The topological polar surface area (TPSA) is 38.4 Å². The van der Waals surface area contributed by atoms with Gasteiger partial charge in [-0.25, -0.2) is 8.78 Å². The highest BCUT2D eigenvalue weighted by Gasteiger charge is 2.27. The Bertz CT molecular complexity index is 670. The number of amidine groups is 1. The lowest BCUT2D eigenvalue weighted by Crippen LogP contribution is -2.19. The summed E-state index contributed by atoms with van der Waals surface area (Å²) in [7, 11) is 0. The molecule has 5 heteroatoms. The molecule has 0 saturated carbocycles. The van der Waals surface area contributed by atoms with E-state index < -0.39 is 0 Å². The van der Waals surface area contributed by atoms with Crippen molar-refractivity contribution in [3.8, 4) is 0 Å². The van der Waals surface area contributed by atoms with Gasteiger partial charge in [0, 0.05) is 10.8 Å². The molecule has 2 atom stereocenters. The molecule has 0 bridgehead atoms. The normalized spacial score (nSPS) is 21.9. The van der Waals surface area contributed by atoms with Crippen LogP contribution < -0.4 is 5.73 Å². The molecule has 2 nitrogen and oxygen atoms in total. The van der Waals surface area contributed by atoms with Gasteiger partial charge in [-0.15, -0.1) is 0 Å². The van der Waals surface area contributed by atoms with E-state index in [0.717, 1.165) is 5.56 Å². The Morgan fingerprint density at radius 3 is 2.48 bits per heavy atom. The molecule has 21 heavy (non-hydrogen) atoms. The molecule has 108 valence electrons. The van der Waals surface area contributed by atoms with Crippen LogP contribution in [0.4, 0.5) is 8.78 Å². The lowest BCUT2D eigenvalue weighted by molar-refractivity contribution is 0.560. The van der Waals surface area contributed by atoms with E-state index in [-0.39, 0.29) is 22.9 Å². The van der Waals surface area contributed by atoms with Gasteiger partial charge >= 0.3 is 0 Å². The van der Waals surface area contributed by atoms with Gasteiger partial charge in [0.2, 0.25) is 0 Å². The molecule has 1 aliphatic rings. The van der Waals surface area contributed by atoms with Crippen molar-refractivity contribution >= 4 is 16.9 Å². The Morgan fingerprint density at radius 1 is 1.05 bits per heavy atom. The second-order valence-corrected chi connectivity index (χ2v) is 6.12. The lowest BCUT2D eigenvalue weighted by atomic mass is 9.98. The highest BCUT2D eigenvalue weighted by atomic mass is 32.2. The fraction of sp³-hybridized carbons (Fsp3) is 0.188. The monoisotopic (exact) mass is 304 g/mol. The average Bonchev–Trinajstić information content (AvgIpc) is 2.48. The number of benzene rings is 2. The van der Waals surface area contributed by atoms with Gasteiger partial charge in [-0.1, -0.05) is 42.1 Å². The fourth-order valence-electron chi connectivity index (χ4n) is 2.46. The maximum atomic E-state index is 13.9. The van der Waals surface area contributed by atoms with Gasteiger partial charge in [0.05, 0.1) is 6.04 Å². The maximum Gasteiger partial charge on any atom is 0.155 e. The molecule has 0 saturated heterocycles. The number of thioether (sulfide) groups is 1. The van der Waals surface area contributed by atoms with Crippen LogP contribution in [0.25, 0.3) is 0 Å². The molecule has 0 aliphatic carbocycles. The van der Waals surface area contributed by atoms with E-state index in [0.29, 0.717) is 17.2 Å². The molecule has 0 unspecified atom stereocenters. The van der Waals surface area contributed by atoms with Crippen LogP contribution in [0.3, 0.4) is 0 Å². The standard InChI is InChI=1S/C16H14F2N2S/c17-11-7-5-10(6-8-11)15-9-14(20-16(19)21-15)12-3-1-2-4-13(12)18/h1-8,14-15H,9H2,(H2,19,20)/t14-,15+/m0/s1. The lowest BCUT2D eigenvalue weighted by Gasteiger charge is -2.26. The minimum atomic E-state index is -0.303. The zero-order valence-electron chi connectivity index (χ0n) is 11.2. The van der Waals surface area contributed by atoms with Crippen molar-refractivity contribution in [2.45, 2.75) is 17.7 Å². The number of nitrogens with two attached hydrogens (primary N) is 1. The number of hydrogen-bond acceptors (Lipinski definition) is 3. The second kappa shape index (κ2) is 5.85. The summed E-state index contributed by atoms with van der Waals surface area (Å²) in [6.45, 7) is 0. The molecular weight excluding hydrogens is 290 g/mol. The van der Waals surface area contributed by atoms with Crippen LogP contribution >= 0.6 is 11.8 Å². The van der Waals surface area contributed by atoms with Gasteiger partial charge in [0.15, 0.2) is 5.17 Å². The third-order valence-corrected chi connectivity index (χ3v) is 4.59. The van der Waals surface area contributed by atoms with Gasteiger partial charge in [0.25, 0.3) is 0 Å². The van der Waals surface area contributed by atoms with Gasteiger partial charge in [0.1, 0.15) is 11.6 Å². The predicted molar refractivity (Wildman–Crippen MR) is 82.1 cm³/mol. The Morgan fingerprint density at radius 2 is 1.76 bits per heavy atom. The first-order chi connectivity index (χ1) is 10.1. The van der Waals surface area contributed by atoms with E-state index in [1.807, 2.05) is 0 Å². The number of hydrogen-bond donors (Lipinski definition) is 1.